The van der Waals surface area contributed by atoms with Crippen LogP contribution in [0.3, 0.4) is 0 Å². The monoisotopic (exact) mass is 128 g/mol. The van der Waals surface area contributed by atoms with Crippen molar-refractivity contribution in [2.24, 2.45) is 4.99 Å². The van der Waals surface area contributed by atoms with Gasteiger partial charge in [0.2, 0.25) is 0 Å². The minimum Gasteiger partial charge on any atom is -0.452 e. The van der Waals surface area contributed by atoms with Gasteiger partial charge in [0.05, 0.1) is 20.0 Å². The van der Waals surface area contributed by atoms with Gasteiger partial charge in [-0.2, -0.15) is 0 Å². The summed E-state index contributed by atoms with van der Waals surface area (Å²) in [6.45, 7) is 1.34. The fourth-order valence-electron chi connectivity index (χ4n) is 0.635. The largest absolute Gasteiger partial charge is 0.452 e. The van der Waals surface area contributed by atoms with E-state index in [9.17, 15) is 4.79 Å². The maximum Gasteiger partial charge on any atom is 0.414 e. The SMILES string of the molecule is COC(=O)N1C=NCC1. The van der Waals surface area contributed by atoms with Crippen LogP contribution in [0.1, 0.15) is 0 Å². The van der Waals surface area contributed by atoms with E-state index in [1.165, 1.54) is 18.3 Å². The molecule has 9 heavy (non-hydrogen) atoms. The number of hydrogen-bond acceptors (Lipinski definition) is 3. The van der Waals surface area contributed by atoms with Gasteiger partial charge in [0.1, 0.15) is 0 Å². The minimum absolute atomic E-state index is 0.337. The van der Waals surface area contributed by atoms with Gasteiger partial charge in [0.25, 0.3) is 0 Å². The van der Waals surface area contributed by atoms with E-state index in [1.54, 1.807) is 0 Å². The first kappa shape index (κ1) is 6.07. The molecule has 1 amide bonds. The zero-order valence-electron chi connectivity index (χ0n) is 5.20. The van der Waals surface area contributed by atoms with Gasteiger partial charge in [-0.25, -0.2) is 4.79 Å². The van der Waals surface area contributed by atoms with Gasteiger partial charge in [-0.15, -0.1) is 0 Å². The molecular weight excluding hydrogens is 120 g/mol. The number of carbonyl (C=O) groups is 1. The highest BCUT2D eigenvalue weighted by Gasteiger charge is 2.13. The first-order valence-electron chi connectivity index (χ1n) is 2.69. The molecule has 4 nitrogen and oxygen atoms in total. The van der Waals surface area contributed by atoms with Crippen LogP contribution in [0, 0.1) is 0 Å². The molecule has 1 aliphatic rings. The van der Waals surface area contributed by atoms with Gasteiger partial charge in [-0.1, -0.05) is 0 Å². The Labute approximate surface area is 53.1 Å². The second-order valence-electron chi connectivity index (χ2n) is 1.69. The summed E-state index contributed by atoms with van der Waals surface area (Å²) in [5.41, 5.74) is 0. The molecule has 0 bridgehead atoms. The van der Waals surface area contributed by atoms with Crippen molar-refractivity contribution in [3.8, 4) is 0 Å². The van der Waals surface area contributed by atoms with E-state index in [0.717, 1.165) is 0 Å². The molecule has 1 rings (SSSR count). The molecule has 0 aliphatic carbocycles. The molecule has 1 aliphatic heterocycles. The van der Waals surface area contributed by atoms with Crippen molar-refractivity contribution in [2.75, 3.05) is 20.2 Å². The Morgan fingerprint density at radius 2 is 2.67 bits per heavy atom. The Kier molecular flexibility index (Phi) is 1.67. The lowest BCUT2D eigenvalue weighted by Gasteiger charge is -2.07. The molecule has 0 N–H and O–H groups in total. The van der Waals surface area contributed by atoms with Crippen LogP contribution >= 0.6 is 0 Å². The Morgan fingerprint density at radius 1 is 1.89 bits per heavy atom. The number of methoxy groups -OCH3 is 1. The maximum atomic E-state index is 10.6. The smallest absolute Gasteiger partial charge is 0.414 e. The third kappa shape index (κ3) is 1.19. The maximum absolute atomic E-state index is 10.6. The van der Waals surface area contributed by atoms with Crippen molar-refractivity contribution in [2.45, 2.75) is 0 Å². The Bertz CT molecular complexity index is 144. The first-order valence-corrected chi connectivity index (χ1v) is 2.69. The summed E-state index contributed by atoms with van der Waals surface area (Å²) >= 11 is 0. The van der Waals surface area contributed by atoms with Crippen LogP contribution in [-0.2, 0) is 4.74 Å². The molecule has 0 atom stereocenters. The van der Waals surface area contributed by atoms with E-state index in [-0.39, 0.29) is 6.09 Å². The zero-order valence-corrected chi connectivity index (χ0v) is 5.20. The summed E-state index contributed by atoms with van der Waals surface area (Å²) in [5.74, 6) is 0. The number of amides is 1. The highest BCUT2D eigenvalue weighted by molar-refractivity contribution is 5.83. The molecule has 1 heterocycles. The lowest BCUT2D eigenvalue weighted by Crippen LogP contribution is -2.27. The number of nitrogens with zero attached hydrogens (tertiary/aromatic N) is 2. The molecule has 0 radical (unpaired) electrons. The van der Waals surface area contributed by atoms with Gasteiger partial charge in [-0.3, -0.25) is 9.89 Å². The zero-order chi connectivity index (χ0) is 6.69. The Morgan fingerprint density at radius 3 is 3.11 bits per heavy atom. The molecule has 0 aromatic rings. The third-order valence-corrected chi connectivity index (χ3v) is 1.10. The first-order chi connectivity index (χ1) is 4.34. The van der Waals surface area contributed by atoms with Gasteiger partial charge >= 0.3 is 6.09 Å². The molecule has 4 heteroatoms. The topological polar surface area (TPSA) is 41.9 Å². The predicted molar refractivity (Wildman–Crippen MR) is 32.5 cm³/mol. The van der Waals surface area contributed by atoms with Crippen molar-refractivity contribution in [1.29, 1.82) is 0 Å². The second kappa shape index (κ2) is 2.48. The molecule has 50 valence electrons. The summed E-state index contributed by atoms with van der Waals surface area (Å²) in [6.07, 6.45) is 1.16. The molecule has 0 aromatic carbocycles. The van der Waals surface area contributed by atoms with E-state index in [4.69, 9.17) is 0 Å². The summed E-state index contributed by atoms with van der Waals surface area (Å²) in [7, 11) is 1.36. The number of carbonyl (C=O) groups excluding carboxylic acids is 1. The number of aliphatic imine (C=N–C) groups is 1. The predicted octanol–water partition coefficient (Wildman–Crippen LogP) is 0.0967. The normalized spacial score (nSPS) is 16.3. The van der Waals surface area contributed by atoms with Gasteiger partial charge in [0.15, 0.2) is 0 Å². The summed E-state index contributed by atoms with van der Waals surface area (Å²) in [5, 5.41) is 0. The molecule has 0 spiro atoms. The van der Waals surface area contributed by atoms with E-state index in [1.807, 2.05) is 0 Å². The van der Waals surface area contributed by atoms with Crippen LogP contribution in [0.4, 0.5) is 4.79 Å². The fraction of sp³-hybridized carbons (Fsp3) is 0.600. The number of ether oxygens (including phenoxy) is 1. The van der Waals surface area contributed by atoms with Crippen molar-refractivity contribution in [3.63, 3.8) is 0 Å². The van der Waals surface area contributed by atoms with Crippen LogP contribution in [-0.4, -0.2) is 37.5 Å². The second-order valence-corrected chi connectivity index (χ2v) is 1.69. The van der Waals surface area contributed by atoms with Crippen molar-refractivity contribution < 1.29 is 9.53 Å². The lowest BCUT2D eigenvalue weighted by molar-refractivity contribution is 0.150. The fourth-order valence-corrected chi connectivity index (χ4v) is 0.635. The van der Waals surface area contributed by atoms with Crippen LogP contribution in [0.5, 0.6) is 0 Å². The number of hydrogen-bond donors (Lipinski definition) is 0. The van der Waals surface area contributed by atoms with Crippen LogP contribution < -0.4 is 0 Å². The third-order valence-electron chi connectivity index (χ3n) is 1.10. The molecule has 0 fully saturated rings. The van der Waals surface area contributed by atoms with E-state index < -0.39 is 0 Å². The van der Waals surface area contributed by atoms with Crippen molar-refractivity contribution in [1.82, 2.24) is 4.90 Å². The van der Waals surface area contributed by atoms with Crippen molar-refractivity contribution >= 4 is 12.4 Å². The average Bonchev–Trinajstić information content (AvgIpc) is 2.37. The Balaban J connectivity index is 2.43. The molecule has 0 saturated carbocycles. The molecule has 0 saturated heterocycles. The standard InChI is InChI=1S/C5H8N2O2/c1-9-5(8)7-3-2-6-4-7/h4H,2-3H2,1H3. The van der Waals surface area contributed by atoms with Gasteiger partial charge in [0, 0.05) is 6.54 Å². The highest BCUT2D eigenvalue weighted by atomic mass is 16.5. The Hall–Kier alpha value is -1.06. The van der Waals surface area contributed by atoms with Crippen LogP contribution in [0.25, 0.3) is 0 Å². The van der Waals surface area contributed by atoms with E-state index in [0.29, 0.717) is 13.1 Å². The van der Waals surface area contributed by atoms with Crippen LogP contribution in [0.2, 0.25) is 0 Å². The van der Waals surface area contributed by atoms with E-state index >= 15 is 0 Å². The molecular formula is C5H8N2O2. The summed E-state index contributed by atoms with van der Waals surface area (Å²) in [6, 6.07) is 0. The van der Waals surface area contributed by atoms with Gasteiger partial charge < -0.3 is 4.74 Å². The summed E-state index contributed by atoms with van der Waals surface area (Å²) in [4.78, 5) is 15.9. The average molecular weight is 128 g/mol. The van der Waals surface area contributed by atoms with E-state index in [2.05, 4.69) is 9.73 Å². The quantitative estimate of drug-likeness (QED) is 0.464. The molecule has 0 aromatic heterocycles. The number of rotatable bonds is 0. The highest BCUT2D eigenvalue weighted by Crippen LogP contribution is 1.94. The lowest BCUT2D eigenvalue weighted by atomic mass is 10.6. The van der Waals surface area contributed by atoms with Crippen molar-refractivity contribution in [3.05, 3.63) is 0 Å². The molecule has 0 unspecified atom stereocenters. The minimum atomic E-state index is -0.337. The van der Waals surface area contributed by atoms with Crippen LogP contribution in [0.15, 0.2) is 4.99 Å². The van der Waals surface area contributed by atoms with Gasteiger partial charge in [-0.05, 0) is 0 Å². The summed E-state index contributed by atoms with van der Waals surface area (Å²) < 4.78 is 4.43.